The van der Waals surface area contributed by atoms with E-state index in [0.717, 1.165) is 49.2 Å². The molecule has 0 atom stereocenters. The SMILES string of the molecule is O=C(c1ccc2[nH]ccc2c1)N1CCN(C/C=C\c2ccccc2)CC1. The smallest absolute Gasteiger partial charge is 0.253 e. The van der Waals surface area contributed by atoms with Gasteiger partial charge in [0.05, 0.1) is 0 Å². The van der Waals surface area contributed by atoms with Crippen molar-refractivity contribution in [1.82, 2.24) is 14.8 Å². The van der Waals surface area contributed by atoms with Crippen LogP contribution in [0.25, 0.3) is 17.0 Å². The molecule has 4 rings (SSSR count). The normalized spacial score (nSPS) is 15.8. The summed E-state index contributed by atoms with van der Waals surface area (Å²) in [4.78, 5) is 20.3. The number of benzene rings is 2. The second kappa shape index (κ2) is 7.58. The van der Waals surface area contributed by atoms with Crippen LogP contribution in [0.3, 0.4) is 0 Å². The lowest BCUT2D eigenvalue weighted by molar-refractivity contribution is 0.0650. The van der Waals surface area contributed by atoms with Gasteiger partial charge < -0.3 is 9.88 Å². The molecule has 0 unspecified atom stereocenters. The number of hydrogen-bond donors (Lipinski definition) is 1. The minimum Gasteiger partial charge on any atom is -0.361 e. The van der Waals surface area contributed by atoms with E-state index in [4.69, 9.17) is 0 Å². The predicted molar refractivity (Wildman–Crippen MR) is 106 cm³/mol. The zero-order valence-electron chi connectivity index (χ0n) is 14.8. The highest BCUT2D eigenvalue weighted by Crippen LogP contribution is 2.16. The summed E-state index contributed by atoms with van der Waals surface area (Å²) >= 11 is 0. The molecule has 0 aliphatic carbocycles. The van der Waals surface area contributed by atoms with Gasteiger partial charge >= 0.3 is 0 Å². The van der Waals surface area contributed by atoms with Crippen molar-refractivity contribution in [3.8, 4) is 0 Å². The number of H-pyrrole nitrogens is 1. The van der Waals surface area contributed by atoms with Gasteiger partial charge in [-0.15, -0.1) is 0 Å². The number of hydrogen-bond acceptors (Lipinski definition) is 2. The number of carbonyl (C=O) groups is 1. The number of nitrogens with zero attached hydrogens (tertiary/aromatic N) is 2. The lowest BCUT2D eigenvalue weighted by atomic mass is 10.1. The van der Waals surface area contributed by atoms with Crippen molar-refractivity contribution in [2.45, 2.75) is 0 Å². The molecule has 1 fully saturated rings. The Bertz CT molecular complexity index is 905. The van der Waals surface area contributed by atoms with Crippen molar-refractivity contribution < 1.29 is 4.79 Å². The van der Waals surface area contributed by atoms with E-state index in [1.54, 1.807) is 0 Å². The summed E-state index contributed by atoms with van der Waals surface area (Å²) in [6.45, 7) is 4.31. The minimum atomic E-state index is 0.132. The quantitative estimate of drug-likeness (QED) is 0.784. The van der Waals surface area contributed by atoms with Gasteiger partial charge in [0.2, 0.25) is 0 Å². The fraction of sp³-hybridized carbons (Fsp3) is 0.227. The minimum absolute atomic E-state index is 0.132. The molecule has 3 aromatic rings. The third-order valence-electron chi connectivity index (χ3n) is 4.93. The van der Waals surface area contributed by atoms with E-state index in [1.165, 1.54) is 5.56 Å². The van der Waals surface area contributed by atoms with Crippen molar-refractivity contribution in [3.63, 3.8) is 0 Å². The second-order valence-electron chi connectivity index (χ2n) is 6.69. The first-order valence-corrected chi connectivity index (χ1v) is 9.10. The van der Waals surface area contributed by atoms with Crippen LogP contribution >= 0.6 is 0 Å². The highest BCUT2D eigenvalue weighted by atomic mass is 16.2. The Kier molecular flexibility index (Phi) is 4.84. The van der Waals surface area contributed by atoms with Gasteiger partial charge in [0.1, 0.15) is 0 Å². The highest BCUT2D eigenvalue weighted by molar-refractivity contribution is 5.98. The Labute approximate surface area is 153 Å². The standard InChI is InChI=1S/C22H23N3O/c26-22(20-8-9-21-19(17-20)10-11-23-21)25-15-13-24(14-16-25)12-4-7-18-5-2-1-3-6-18/h1-11,17,23H,12-16H2/b7-4-. The molecule has 0 radical (unpaired) electrons. The van der Waals surface area contributed by atoms with E-state index >= 15 is 0 Å². The van der Waals surface area contributed by atoms with E-state index in [2.05, 4.69) is 46.3 Å². The first kappa shape index (κ1) is 16.6. The lowest BCUT2D eigenvalue weighted by Crippen LogP contribution is -2.48. The topological polar surface area (TPSA) is 39.3 Å². The van der Waals surface area contributed by atoms with E-state index in [1.807, 2.05) is 41.4 Å². The zero-order chi connectivity index (χ0) is 17.8. The summed E-state index contributed by atoms with van der Waals surface area (Å²) < 4.78 is 0. The molecule has 1 N–H and O–H groups in total. The number of rotatable bonds is 4. The first-order valence-electron chi connectivity index (χ1n) is 9.10. The van der Waals surface area contributed by atoms with Crippen LogP contribution in [0.15, 0.2) is 66.9 Å². The third kappa shape index (κ3) is 3.70. The molecule has 0 spiro atoms. The van der Waals surface area contributed by atoms with Gasteiger partial charge in [0, 0.05) is 55.4 Å². The van der Waals surface area contributed by atoms with E-state index in [9.17, 15) is 4.79 Å². The number of piperazine rings is 1. The van der Waals surface area contributed by atoms with Crippen LogP contribution in [0.5, 0.6) is 0 Å². The van der Waals surface area contributed by atoms with Crippen LogP contribution in [0, 0.1) is 0 Å². The Morgan fingerprint density at radius 1 is 1.00 bits per heavy atom. The van der Waals surface area contributed by atoms with Gasteiger partial charge in [0.25, 0.3) is 5.91 Å². The molecule has 0 bridgehead atoms. The predicted octanol–water partition coefficient (Wildman–Crippen LogP) is 3.64. The molecule has 1 amide bonds. The maximum absolute atomic E-state index is 12.8. The molecule has 2 aromatic carbocycles. The highest BCUT2D eigenvalue weighted by Gasteiger charge is 2.21. The van der Waals surface area contributed by atoms with Gasteiger partial charge in [-0.25, -0.2) is 0 Å². The number of nitrogens with one attached hydrogen (secondary N) is 1. The monoisotopic (exact) mass is 345 g/mol. The summed E-state index contributed by atoms with van der Waals surface area (Å²) in [5, 5.41) is 1.08. The summed E-state index contributed by atoms with van der Waals surface area (Å²) in [7, 11) is 0. The number of amides is 1. The van der Waals surface area contributed by atoms with Gasteiger partial charge in [-0.05, 0) is 29.8 Å². The molecule has 26 heavy (non-hydrogen) atoms. The maximum Gasteiger partial charge on any atom is 0.253 e. The van der Waals surface area contributed by atoms with Crippen molar-refractivity contribution in [3.05, 3.63) is 78.0 Å². The molecule has 2 heterocycles. The number of aromatic amines is 1. The Morgan fingerprint density at radius 2 is 1.81 bits per heavy atom. The van der Waals surface area contributed by atoms with Crippen LogP contribution in [0.1, 0.15) is 15.9 Å². The van der Waals surface area contributed by atoms with Crippen LogP contribution in [0.4, 0.5) is 0 Å². The van der Waals surface area contributed by atoms with Crippen molar-refractivity contribution in [2.75, 3.05) is 32.7 Å². The average Bonchev–Trinajstić information content (AvgIpc) is 3.17. The molecule has 0 saturated carbocycles. The number of fused-ring (bicyclic) bond motifs is 1. The second-order valence-corrected chi connectivity index (χ2v) is 6.69. The van der Waals surface area contributed by atoms with Gasteiger partial charge in [-0.1, -0.05) is 42.5 Å². The van der Waals surface area contributed by atoms with Crippen molar-refractivity contribution >= 4 is 22.9 Å². The maximum atomic E-state index is 12.8. The fourth-order valence-corrected chi connectivity index (χ4v) is 3.40. The molecule has 4 nitrogen and oxygen atoms in total. The Balaban J connectivity index is 1.31. The summed E-state index contributed by atoms with van der Waals surface area (Å²) in [6.07, 6.45) is 6.26. The molecular formula is C22H23N3O. The van der Waals surface area contributed by atoms with Gasteiger partial charge in [0.15, 0.2) is 0 Å². The molecule has 1 aromatic heterocycles. The van der Waals surface area contributed by atoms with Crippen molar-refractivity contribution in [1.29, 1.82) is 0 Å². The van der Waals surface area contributed by atoms with Gasteiger partial charge in [-0.3, -0.25) is 9.69 Å². The largest absolute Gasteiger partial charge is 0.361 e. The summed E-state index contributed by atoms with van der Waals surface area (Å²) in [5.41, 5.74) is 3.06. The molecule has 1 saturated heterocycles. The molecule has 1 aliphatic rings. The lowest BCUT2D eigenvalue weighted by Gasteiger charge is -2.34. The van der Waals surface area contributed by atoms with Crippen molar-refractivity contribution in [2.24, 2.45) is 0 Å². The van der Waals surface area contributed by atoms with E-state index in [0.29, 0.717) is 0 Å². The van der Waals surface area contributed by atoms with E-state index < -0.39 is 0 Å². The van der Waals surface area contributed by atoms with Crippen LogP contribution in [0.2, 0.25) is 0 Å². The van der Waals surface area contributed by atoms with Crippen LogP contribution in [-0.4, -0.2) is 53.4 Å². The van der Waals surface area contributed by atoms with Crippen LogP contribution < -0.4 is 0 Å². The Hall–Kier alpha value is -2.85. The van der Waals surface area contributed by atoms with E-state index in [-0.39, 0.29) is 5.91 Å². The molecule has 132 valence electrons. The summed E-state index contributed by atoms with van der Waals surface area (Å²) in [5.74, 6) is 0.132. The number of carbonyl (C=O) groups excluding carboxylic acids is 1. The first-order chi connectivity index (χ1) is 12.8. The van der Waals surface area contributed by atoms with Crippen LogP contribution in [-0.2, 0) is 0 Å². The fourth-order valence-electron chi connectivity index (χ4n) is 3.40. The zero-order valence-corrected chi connectivity index (χ0v) is 14.8. The Morgan fingerprint density at radius 3 is 2.62 bits per heavy atom. The number of aromatic nitrogens is 1. The summed E-state index contributed by atoms with van der Waals surface area (Å²) in [6, 6.07) is 18.2. The third-order valence-corrected chi connectivity index (χ3v) is 4.93. The van der Waals surface area contributed by atoms with Gasteiger partial charge in [-0.2, -0.15) is 0 Å². The molecule has 4 heteroatoms. The molecular weight excluding hydrogens is 322 g/mol. The molecule has 1 aliphatic heterocycles. The average molecular weight is 345 g/mol.